The lowest BCUT2D eigenvalue weighted by molar-refractivity contribution is 0.252. The number of alkyl halides is 1. The number of carbonyl (C=O) groups is 1. The van der Waals surface area contributed by atoms with Crippen LogP contribution in [-0.4, -0.2) is 18.5 Å². The van der Waals surface area contributed by atoms with Gasteiger partial charge in [-0.15, -0.1) is 11.6 Å². The Balaban J connectivity index is 2.12. The maximum atomic E-state index is 11.6. The third-order valence-electron chi connectivity index (χ3n) is 3.15. The van der Waals surface area contributed by atoms with Gasteiger partial charge in [-0.05, 0) is 48.9 Å². The number of amides is 2. The fourth-order valence-corrected chi connectivity index (χ4v) is 2.42. The van der Waals surface area contributed by atoms with Crippen molar-refractivity contribution in [1.29, 1.82) is 0 Å². The molecule has 2 amide bonds. The fraction of sp³-hybridized carbons (Fsp3) is 0.462. The van der Waals surface area contributed by atoms with Gasteiger partial charge >= 0.3 is 6.03 Å². The first-order valence-corrected chi connectivity index (χ1v) is 6.48. The third-order valence-corrected chi connectivity index (χ3v) is 3.34. The molecule has 0 heterocycles. The number of aryl methyl sites for hydroxylation is 1. The molecule has 0 bridgehead atoms. The highest BCUT2D eigenvalue weighted by atomic mass is 35.5. The van der Waals surface area contributed by atoms with Gasteiger partial charge in [0, 0.05) is 18.1 Å². The van der Waals surface area contributed by atoms with Crippen LogP contribution in [0.25, 0.3) is 0 Å². The van der Waals surface area contributed by atoms with Gasteiger partial charge in [0.1, 0.15) is 0 Å². The fourth-order valence-electron chi connectivity index (χ4n) is 2.33. The molecule has 92 valence electrons. The molecular formula is C13H17ClN2O. The molecule has 0 fully saturated rings. The molecule has 0 unspecified atom stereocenters. The maximum absolute atomic E-state index is 11.6. The maximum Gasteiger partial charge on any atom is 0.319 e. The van der Waals surface area contributed by atoms with E-state index in [9.17, 15) is 4.79 Å². The van der Waals surface area contributed by atoms with Gasteiger partial charge in [-0.1, -0.05) is 6.07 Å². The van der Waals surface area contributed by atoms with E-state index in [-0.39, 0.29) is 6.03 Å². The number of hydrogen-bond acceptors (Lipinski definition) is 1. The number of rotatable bonds is 3. The number of hydrogen-bond donors (Lipinski definition) is 2. The molecule has 0 atom stereocenters. The monoisotopic (exact) mass is 252 g/mol. The molecule has 1 aliphatic carbocycles. The van der Waals surface area contributed by atoms with Crippen LogP contribution in [0.2, 0.25) is 0 Å². The Hall–Kier alpha value is -1.22. The number of carbonyl (C=O) groups excluding carboxylic acids is 1. The smallest absolute Gasteiger partial charge is 0.319 e. The standard InChI is InChI=1S/C13H17ClN2O/c1-9-5-6-12(11-4-2-3-10(9)11)16-13(17)15-8-7-14/h5-6H,2-4,7-8H2,1H3,(H2,15,16,17). The Morgan fingerprint density at radius 2 is 2.12 bits per heavy atom. The van der Waals surface area contributed by atoms with E-state index >= 15 is 0 Å². The number of halogens is 1. The van der Waals surface area contributed by atoms with Crippen LogP contribution in [-0.2, 0) is 12.8 Å². The van der Waals surface area contributed by atoms with Gasteiger partial charge < -0.3 is 10.6 Å². The summed E-state index contributed by atoms with van der Waals surface area (Å²) < 4.78 is 0. The summed E-state index contributed by atoms with van der Waals surface area (Å²) in [6, 6.07) is 3.88. The van der Waals surface area contributed by atoms with Crippen molar-refractivity contribution in [3.63, 3.8) is 0 Å². The number of fused-ring (bicyclic) bond motifs is 1. The van der Waals surface area contributed by atoms with Gasteiger partial charge in [0.05, 0.1) is 0 Å². The average molecular weight is 253 g/mol. The quantitative estimate of drug-likeness (QED) is 0.798. The second-order valence-corrected chi connectivity index (χ2v) is 4.69. The molecule has 0 saturated carbocycles. The van der Waals surface area contributed by atoms with Crippen molar-refractivity contribution in [3.05, 3.63) is 28.8 Å². The minimum atomic E-state index is -0.177. The largest absolute Gasteiger partial charge is 0.337 e. The zero-order chi connectivity index (χ0) is 12.3. The van der Waals surface area contributed by atoms with Crippen molar-refractivity contribution in [1.82, 2.24) is 5.32 Å². The lowest BCUT2D eigenvalue weighted by atomic mass is 10.0. The summed E-state index contributed by atoms with van der Waals surface area (Å²) in [7, 11) is 0. The zero-order valence-corrected chi connectivity index (χ0v) is 10.7. The van der Waals surface area contributed by atoms with Gasteiger partial charge in [-0.3, -0.25) is 0 Å². The summed E-state index contributed by atoms with van der Waals surface area (Å²) >= 11 is 5.52. The lowest BCUT2D eigenvalue weighted by Gasteiger charge is -2.12. The van der Waals surface area contributed by atoms with E-state index < -0.39 is 0 Å². The number of nitrogens with one attached hydrogen (secondary N) is 2. The van der Waals surface area contributed by atoms with Gasteiger partial charge in [0.25, 0.3) is 0 Å². The van der Waals surface area contributed by atoms with E-state index in [1.807, 2.05) is 6.07 Å². The normalized spacial score (nSPS) is 13.3. The molecular weight excluding hydrogens is 236 g/mol. The molecule has 0 saturated heterocycles. The number of anilines is 1. The van der Waals surface area contributed by atoms with Crippen molar-refractivity contribution in [2.75, 3.05) is 17.7 Å². The molecule has 1 aliphatic rings. The summed E-state index contributed by atoms with van der Waals surface area (Å²) in [4.78, 5) is 11.6. The Labute approximate surface area is 107 Å². The highest BCUT2D eigenvalue weighted by Crippen LogP contribution is 2.31. The lowest BCUT2D eigenvalue weighted by Crippen LogP contribution is -2.30. The van der Waals surface area contributed by atoms with Crippen LogP contribution in [0.4, 0.5) is 10.5 Å². The van der Waals surface area contributed by atoms with Crippen LogP contribution < -0.4 is 10.6 Å². The van der Waals surface area contributed by atoms with Gasteiger partial charge in [0.2, 0.25) is 0 Å². The van der Waals surface area contributed by atoms with E-state index in [1.165, 1.54) is 23.1 Å². The van der Waals surface area contributed by atoms with Crippen molar-refractivity contribution < 1.29 is 4.79 Å². The molecule has 0 aromatic heterocycles. The second-order valence-electron chi connectivity index (χ2n) is 4.31. The van der Waals surface area contributed by atoms with Gasteiger partial charge in [-0.2, -0.15) is 0 Å². The summed E-state index contributed by atoms with van der Waals surface area (Å²) in [6.45, 7) is 2.61. The Bertz CT molecular complexity index is 432. The predicted molar refractivity (Wildman–Crippen MR) is 70.9 cm³/mol. The molecule has 0 radical (unpaired) electrons. The van der Waals surface area contributed by atoms with Crippen LogP contribution in [0, 0.1) is 6.92 Å². The predicted octanol–water partition coefficient (Wildman–Crippen LogP) is 2.84. The van der Waals surface area contributed by atoms with E-state index in [0.29, 0.717) is 12.4 Å². The molecule has 0 aliphatic heterocycles. The molecule has 1 aromatic carbocycles. The van der Waals surface area contributed by atoms with E-state index in [1.54, 1.807) is 0 Å². The summed E-state index contributed by atoms with van der Waals surface area (Å²) in [5.74, 6) is 0.430. The van der Waals surface area contributed by atoms with Crippen LogP contribution in [0.5, 0.6) is 0 Å². The summed E-state index contributed by atoms with van der Waals surface area (Å²) in [5, 5.41) is 5.60. The summed E-state index contributed by atoms with van der Waals surface area (Å²) in [5.41, 5.74) is 4.96. The highest BCUT2D eigenvalue weighted by molar-refractivity contribution is 6.18. The molecule has 4 heteroatoms. The Morgan fingerprint density at radius 1 is 1.35 bits per heavy atom. The van der Waals surface area contributed by atoms with E-state index in [0.717, 1.165) is 18.5 Å². The van der Waals surface area contributed by atoms with E-state index in [4.69, 9.17) is 11.6 Å². The van der Waals surface area contributed by atoms with Crippen molar-refractivity contribution in [2.24, 2.45) is 0 Å². The van der Waals surface area contributed by atoms with E-state index in [2.05, 4.69) is 23.6 Å². The molecule has 17 heavy (non-hydrogen) atoms. The minimum absolute atomic E-state index is 0.177. The highest BCUT2D eigenvalue weighted by Gasteiger charge is 2.17. The Kier molecular flexibility index (Phi) is 3.89. The molecule has 0 spiro atoms. The second kappa shape index (κ2) is 5.41. The number of urea groups is 1. The zero-order valence-electron chi connectivity index (χ0n) is 9.98. The van der Waals surface area contributed by atoms with Crippen LogP contribution >= 0.6 is 11.6 Å². The van der Waals surface area contributed by atoms with Crippen LogP contribution in [0.15, 0.2) is 12.1 Å². The van der Waals surface area contributed by atoms with Crippen LogP contribution in [0.3, 0.4) is 0 Å². The topological polar surface area (TPSA) is 41.1 Å². The molecule has 1 aromatic rings. The first kappa shape index (κ1) is 12.2. The minimum Gasteiger partial charge on any atom is -0.337 e. The van der Waals surface area contributed by atoms with Crippen LogP contribution in [0.1, 0.15) is 23.1 Å². The third kappa shape index (κ3) is 2.72. The Morgan fingerprint density at radius 3 is 2.88 bits per heavy atom. The van der Waals surface area contributed by atoms with Gasteiger partial charge in [-0.25, -0.2) is 4.79 Å². The van der Waals surface area contributed by atoms with Crippen molar-refractivity contribution in [2.45, 2.75) is 26.2 Å². The van der Waals surface area contributed by atoms with Crippen molar-refractivity contribution in [3.8, 4) is 0 Å². The number of benzene rings is 1. The first-order chi connectivity index (χ1) is 8.22. The van der Waals surface area contributed by atoms with Crippen molar-refractivity contribution >= 4 is 23.3 Å². The molecule has 2 rings (SSSR count). The molecule has 3 nitrogen and oxygen atoms in total. The molecule has 2 N–H and O–H groups in total. The van der Waals surface area contributed by atoms with Gasteiger partial charge in [0.15, 0.2) is 0 Å². The first-order valence-electron chi connectivity index (χ1n) is 5.94. The summed E-state index contributed by atoms with van der Waals surface area (Å²) in [6.07, 6.45) is 3.36. The average Bonchev–Trinajstić information content (AvgIpc) is 2.80. The SMILES string of the molecule is Cc1ccc(NC(=O)NCCCl)c2c1CCC2.